The molecule has 0 radical (unpaired) electrons. The van der Waals surface area contributed by atoms with E-state index in [9.17, 15) is 8.42 Å². The largest absolute Gasteiger partial charge is 0.330 e. The van der Waals surface area contributed by atoms with Gasteiger partial charge in [0.1, 0.15) is 5.82 Å². The summed E-state index contributed by atoms with van der Waals surface area (Å²) in [6.45, 7) is 3.10. The van der Waals surface area contributed by atoms with Crippen molar-refractivity contribution in [2.75, 3.05) is 26.2 Å². The molecule has 0 saturated carbocycles. The molecule has 0 aliphatic carbocycles. The number of nitrogens with zero attached hydrogens (tertiary/aromatic N) is 4. The Morgan fingerprint density at radius 2 is 1.64 bits per heavy atom. The number of hydrogen-bond acceptors (Lipinski definition) is 4. The van der Waals surface area contributed by atoms with Crippen LogP contribution in [0.4, 0.5) is 0 Å². The second-order valence-corrected chi connectivity index (χ2v) is 8.83. The average molecular weight is 397 g/mol. The Kier molecular flexibility index (Phi) is 5.30. The highest BCUT2D eigenvalue weighted by Crippen LogP contribution is 2.17. The molecule has 4 rings (SSSR count). The molecule has 0 bridgehead atoms. The van der Waals surface area contributed by atoms with Crippen LogP contribution in [0.2, 0.25) is 0 Å². The van der Waals surface area contributed by atoms with Gasteiger partial charge in [-0.15, -0.1) is 0 Å². The molecule has 6 nitrogen and oxygen atoms in total. The number of piperazine rings is 1. The van der Waals surface area contributed by atoms with Crippen molar-refractivity contribution in [3.63, 3.8) is 0 Å². The Morgan fingerprint density at radius 1 is 0.964 bits per heavy atom. The van der Waals surface area contributed by atoms with E-state index < -0.39 is 10.0 Å². The van der Waals surface area contributed by atoms with Crippen LogP contribution in [-0.2, 0) is 23.6 Å². The maximum atomic E-state index is 12.6. The van der Waals surface area contributed by atoms with Gasteiger partial charge in [-0.3, -0.25) is 4.90 Å². The first-order valence-electron chi connectivity index (χ1n) is 9.39. The summed E-state index contributed by atoms with van der Waals surface area (Å²) in [7, 11) is -1.37. The molecule has 1 saturated heterocycles. The zero-order valence-corrected chi connectivity index (χ0v) is 16.7. The summed E-state index contributed by atoms with van der Waals surface area (Å²) < 4.78 is 28.9. The topological polar surface area (TPSA) is 58.4 Å². The smallest absolute Gasteiger partial charge is 0.236 e. The van der Waals surface area contributed by atoms with Crippen molar-refractivity contribution in [1.29, 1.82) is 0 Å². The van der Waals surface area contributed by atoms with E-state index in [4.69, 9.17) is 4.98 Å². The molecule has 0 N–H and O–H groups in total. The monoisotopic (exact) mass is 396 g/mol. The van der Waals surface area contributed by atoms with E-state index in [2.05, 4.69) is 15.5 Å². The molecule has 0 unspecified atom stereocenters. The van der Waals surface area contributed by atoms with Gasteiger partial charge < -0.3 is 4.57 Å². The number of rotatable bonds is 5. The van der Waals surface area contributed by atoms with Crippen LogP contribution in [0.25, 0.3) is 17.1 Å². The lowest BCUT2D eigenvalue weighted by Gasteiger charge is -2.33. The molecule has 1 aromatic heterocycles. The predicted octanol–water partition coefficient (Wildman–Crippen LogP) is 2.69. The summed E-state index contributed by atoms with van der Waals surface area (Å²) in [5.41, 5.74) is 2.99. The zero-order valence-electron chi connectivity index (χ0n) is 15.9. The Balaban J connectivity index is 1.38. The molecular weight excluding hydrogens is 372 g/mol. The first-order valence-corrected chi connectivity index (χ1v) is 10.9. The first kappa shape index (κ1) is 18.9. The highest BCUT2D eigenvalue weighted by molar-refractivity contribution is 7.92. The molecule has 2 aromatic carbocycles. The van der Waals surface area contributed by atoms with E-state index in [1.165, 1.54) is 5.41 Å². The van der Waals surface area contributed by atoms with Crippen LogP contribution in [0.1, 0.15) is 11.4 Å². The van der Waals surface area contributed by atoms with Crippen LogP contribution in [0, 0.1) is 0 Å². The maximum Gasteiger partial charge on any atom is 0.236 e. The Morgan fingerprint density at radius 3 is 2.36 bits per heavy atom. The van der Waals surface area contributed by atoms with Gasteiger partial charge >= 0.3 is 0 Å². The lowest BCUT2D eigenvalue weighted by Crippen LogP contribution is -2.47. The minimum absolute atomic E-state index is 0.491. The normalized spacial score (nSPS) is 16.9. The number of sulfonamides is 1. The number of hydrogen-bond donors (Lipinski definition) is 0. The van der Waals surface area contributed by atoms with Gasteiger partial charge in [0.05, 0.1) is 17.6 Å². The number of para-hydroxylation sites is 2. The first-order chi connectivity index (χ1) is 13.5. The number of aromatic nitrogens is 2. The molecule has 3 aromatic rings. The Bertz CT molecular complexity index is 1080. The lowest BCUT2D eigenvalue weighted by atomic mass is 10.2. The zero-order chi connectivity index (χ0) is 19.6. The SMILES string of the molecule is Cn1c(CN2CCN(S(=O)(=O)/C=C/c3ccccc3)CC2)nc2ccccc21. The quantitative estimate of drug-likeness (QED) is 0.665. The van der Waals surface area contributed by atoms with E-state index in [1.807, 2.05) is 55.6 Å². The molecule has 0 amide bonds. The van der Waals surface area contributed by atoms with E-state index >= 15 is 0 Å². The van der Waals surface area contributed by atoms with Crippen molar-refractivity contribution in [3.8, 4) is 0 Å². The van der Waals surface area contributed by atoms with Crippen LogP contribution in [0.15, 0.2) is 60.0 Å². The molecule has 28 heavy (non-hydrogen) atoms. The standard InChI is InChI=1S/C21H24N4O2S/c1-23-20-10-6-5-9-19(20)22-21(23)17-24-12-14-25(15-13-24)28(26,27)16-11-18-7-3-2-4-8-18/h2-11,16H,12-15,17H2,1H3/b16-11+. The number of benzene rings is 2. The third-order valence-electron chi connectivity index (χ3n) is 5.17. The maximum absolute atomic E-state index is 12.6. The van der Waals surface area contributed by atoms with E-state index in [0.29, 0.717) is 26.2 Å². The van der Waals surface area contributed by atoms with Gasteiger partial charge in [-0.05, 0) is 23.8 Å². The highest BCUT2D eigenvalue weighted by atomic mass is 32.2. The molecule has 146 valence electrons. The summed E-state index contributed by atoms with van der Waals surface area (Å²) in [5.74, 6) is 1.00. The van der Waals surface area contributed by atoms with Crippen molar-refractivity contribution >= 4 is 27.1 Å². The van der Waals surface area contributed by atoms with Gasteiger partial charge in [-0.2, -0.15) is 4.31 Å². The Hall–Kier alpha value is -2.48. The van der Waals surface area contributed by atoms with Crippen LogP contribution >= 0.6 is 0 Å². The number of fused-ring (bicyclic) bond motifs is 1. The van der Waals surface area contributed by atoms with Gasteiger partial charge in [0.15, 0.2) is 0 Å². The fourth-order valence-electron chi connectivity index (χ4n) is 3.49. The molecule has 7 heteroatoms. The average Bonchev–Trinajstić information content (AvgIpc) is 3.03. The molecule has 2 heterocycles. The van der Waals surface area contributed by atoms with Gasteiger partial charge in [0.25, 0.3) is 0 Å². The summed E-state index contributed by atoms with van der Waals surface area (Å²) in [5, 5.41) is 1.31. The molecule has 1 fully saturated rings. The molecule has 0 atom stereocenters. The van der Waals surface area contributed by atoms with Crippen LogP contribution < -0.4 is 0 Å². The van der Waals surface area contributed by atoms with E-state index in [0.717, 1.165) is 29.0 Å². The fraction of sp³-hybridized carbons (Fsp3) is 0.286. The molecule has 1 aliphatic heterocycles. The number of aryl methyl sites for hydroxylation is 1. The summed E-state index contributed by atoms with van der Waals surface area (Å²) in [6.07, 6.45) is 1.65. The minimum atomic E-state index is -3.40. The second-order valence-electron chi connectivity index (χ2n) is 7.01. The third kappa shape index (κ3) is 4.01. The van der Waals surface area contributed by atoms with E-state index in [1.54, 1.807) is 10.4 Å². The van der Waals surface area contributed by atoms with Crippen molar-refractivity contribution in [3.05, 3.63) is 71.4 Å². The number of imidazole rings is 1. The van der Waals surface area contributed by atoms with Crippen LogP contribution in [0.5, 0.6) is 0 Å². The van der Waals surface area contributed by atoms with Gasteiger partial charge in [-0.1, -0.05) is 42.5 Å². The molecule has 1 aliphatic rings. The van der Waals surface area contributed by atoms with Crippen LogP contribution in [-0.4, -0.2) is 53.4 Å². The van der Waals surface area contributed by atoms with Gasteiger partial charge in [-0.25, -0.2) is 13.4 Å². The van der Waals surface area contributed by atoms with Crippen LogP contribution in [0.3, 0.4) is 0 Å². The molecule has 0 spiro atoms. The Labute approximate surface area is 165 Å². The molecular formula is C21H24N4O2S. The van der Waals surface area contributed by atoms with Gasteiger partial charge in [0.2, 0.25) is 10.0 Å². The highest BCUT2D eigenvalue weighted by Gasteiger charge is 2.25. The predicted molar refractivity (Wildman–Crippen MR) is 112 cm³/mol. The minimum Gasteiger partial charge on any atom is -0.330 e. The fourth-order valence-corrected chi connectivity index (χ4v) is 4.67. The second kappa shape index (κ2) is 7.87. The van der Waals surface area contributed by atoms with E-state index in [-0.39, 0.29) is 0 Å². The lowest BCUT2D eigenvalue weighted by molar-refractivity contribution is 0.178. The van der Waals surface area contributed by atoms with Crippen molar-refractivity contribution in [2.24, 2.45) is 7.05 Å². The van der Waals surface area contributed by atoms with Crippen molar-refractivity contribution < 1.29 is 8.42 Å². The third-order valence-corrected chi connectivity index (χ3v) is 6.73. The summed E-state index contributed by atoms with van der Waals surface area (Å²) in [4.78, 5) is 6.97. The summed E-state index contributed by atoms with van der Waals surface area (Å²) in [6, 6.07) is 17.6. The summed E-state index contributed by atoms with van der Waals surface area (Å²) >= 11 is 0. The van der Waals surface area contributed by atoms with Crippen molar-refractivity contribution in [2.45, 2.75) is 6.54 Å². The van der Waals surface area contributed by atoms with Crippen molar-refractivity contribution in [1.82, 2.24) is 18.8 Å². The van der Waals surface area contributed by atoms with Gasteiger partial charge in [0, 0.05) is 38.6 Å².